The van der Waals surface area contributed by atoms with Gasteiger partial charge in [0.05, 0.1) is 11.1 Å². The summed E-state index contributed by atoms with van der Waals surface area (Å²) in [5, 5.41) is 6.78. The number of carbonyl (C=O) groups is 2. The molecule has 8 aliphatic carbocycles. The first-order chi connectivity index (χ1) is 17.3. The van der Waals surface area contributed by atoms with Crippen molar-refractivity contribution in [2.75, 3.05) is 0 Å². The van der Waals surface area contributed by atoms with Gasteiger partial charge in [-0.2, -0.15) is 0 Å². The SMILES string of the molecule is C[C@H](NC(=O)c1ccccc1C(=O)N[C@@H](C)C12CC3CC(CC(C3)C1)C2)C12CC3CC(CC(C3)C1)C2. The van der Waals surface area contributed by atoms with Gasteiger partial charge in [0.25, 0.3) is 11.8 Å². The van der Waals surface area contributed by atoms with Gasteiger partial charge in [0.2, 0.25) is 0 Å². The molecule has 2 atom stereocenters. The minimum absolute atomic E-state index is 0.0774. The third-order valence-corrected chi connectivity index (χ3v) is 12.1. The average molecular weight is 489 g/mol. The highest BCUT2D eigenvalue weighted by Gasteiger charge is 2.54. The molecule has 2 amide bonds. The van der Waals surface area contributed by atoms with Gasteiger partial charge in [-0.05, 0) is 149 Å². The number of amides is 2. The number of hydrogen-bond acceptors (Lipinski definition) is 2. The number of benzene rings is 1. The summed E-state index contributed by atoms with van der Waals surface area (Å²) in [6.45, 7) is 4.45. The minimum Gasteiger partial charge on any atom is -0.349 e. The van der Waals surface area contributed by atoms with Crippen LogP contribution in [0.4, 0.5) is 0 Å². The van der Waals surface area contributed by atoms with Gasteiger partial charge in [-0.1, -0.05) is 12.1 Å². The van der Waals surface area contributed by atoms with E-state index in [1.54, 1.807) is 0 Å². The first-order valence-electron chi connectivity index (χ1n) is 15.0. The van der Waals surface area contributed by atoms with Crippen molar-refractivity contribution < 1.29 is 9.59 Å². The minimum atomic E-state index is -0.0774. The standard InChI is InChI=1S/C32H44N2O2/c1-19(31-13-21-7-22(14-31)9-23(8-21)15-31)33-29(35)27-5-3-4-6-28(27)30(36)34-20(2)32-16-24-10-25(17-32)12-26(11-24)18-32/h3-6,19-26H,7-18H2,1-2H3,(H,33,35)(H,34,36)/t19-,20-,21?,22?,23?,24?,25?,26?,31?,32?/m0/s1. The molecule has 2 N–H and O–H groups in total. The van der Waals surface area contributed by atoms with E-state index in [9.17, 15) is 9.59 Å². The van der Waals surface area contributed by atoms with Crippen LogP contribution < -0.4 is 10.6 Å². The van der Waals surface area contributed by atoms with Gasteiger partial charge in [-0.3, -0.25) is 9.59 Å². The number of rotatable bonds is 6. The van der Waals surface area contributed by atoms with E-state index in [4.69, 9.17) is 0 Å². The smallest absolute Gasteiger partial charge is 0.252 e. The monoisotopic (exact) mass is 488 g/mol. The molecule has 0 unspecified atom stereocenters. The largest absolute Gasteiger partial charge is 0.349 e. The van der Waals surface area contributed by atoms with Gasteiger partial charge in [0.1, 0.15) is 0 Å². The fourth-order valence-electron chi connectivity index (χ4n) is 11.2. The molecule has 0 saturated heterocycles. The lowest BCUT2D eigenvalue weighted by Gasteiger charge is -2.59. The normalized spacial score (nSPS) is 43.3. The summed E-state index contributed by atoms with van der Waals surface area (Å²) in [7, 11) is 0. The molecule has 8 bridgehead atoms. The van der Waals surface area contributed by atoms with E-state index in [1.807, 2.05) is 24.3 Å². The fraction of sp³-hybridized carbons (Fsp3) is 0.750. The highest BCUT2D eigenvalue weighted by molar-refractivity contribution is 6.07. The van der Waals surface area contributed by atoms with E-state index in [-0.39, 0.29) is 34.7 Å². The second-order valence-corrected chi connectivity index (χ2v) is 14.5. The van der Waals surface area contributed by atoms with Crippen molar-refractivity contribution in [3.8, 4) is 0 Å². The van der Waals surface area contributed by atoms with Gasteiger partial charge in [0, 0.05) is 12.1 Å². The molecule has 4 heteroatoms. The van der Waals surface area contributed by atoms with E-state index in [0.717, 1.165) is 35.5 Å². The summed E-state index contributed by atoms with van der Waals surface area (Å²) in [4.78, 5) is 27.2. The Morgan fingerprint density at radius 3 is 1.17 bits per heavy atom. The van der Waals surface area contributed by atoms with Crippen LogP contribution in [0.5, 0.6) is 0 Å². The predicted octanol–water partition coefficient (Wildman–Crippen LogP) is 6.36. The molecule has 0 aliphatic heterocycles. The molecule has 9 rings (SSSR count). The first kappa shape index (κ1) is 23.3. The van der Waals surface area contributed by atoms with Gasteiger partial charge in [-0.15, -0.1) is 0 Å². The molecule has 0 aromatic heterocycles. The lowest BCUT2D eigenvalue weighted by molar-refractivity contribution is -0.0689. The third kappa shape index (κ3) is 3.76. The average Bonchev–Trinajstić information content (AvgIpc) is 2.82. The van der Waals surface area contributed by atoms with Crippen molar-refractivity contribution in [1.29, 1.82) is 0 Å². The molecule has 1 aromatic rings. The van der Waals surface area contributed by atoms with E-state index >= 15 is 0 Å². The molecule has 0 spiro atoms. The van der Waals surface area contributed by atoms with Crippen LogP contribution >= 0.6 is 0 Å². The van der Waals surface area contributed by atoms with Crippen LogP contribution in [0.25, 0.3) is 0 Å². The van der Waals surface area contributed by atoms with Crippen LogP contribution in [0.15, 0.2) is 24.3 Å². The summed E-state index contributed by atoms with van der Waals surface area (Å²) in [5.41, 5.74) is 1.58. The number of carbonyl (C=O) groups excluding carboxylic acids is 2. The molecule has 1 aromatic carbocycles. The molecular weight excluding hydrogens is 444 g/mol. The van der Waals surface area contributed by atoms with Crippen molar-refractivity contribution in [3.63, 3.8) is 0 Å². The maximum absolute atomic E-state index is 13.6. The first-order valence-corrected chi connectivity index (χ1v) is 15.0. The van der Waals surface area contributed by atoms with Crippen molar-refractivity contribution in [2.45, 2.75) is 103 Å². The Labute approximate surface area is 216 Å². The quantitative estimate of drug-likeness (QED) is 0.490. The predicted molar refractivity (Wildman–Crippen MR) is 142 cm³/mol. The van der Waals surface area contributed by atoms with Crippen molar-refractivity contribution >= 4 is 11.8 Å². The maximum Gasteiger partial charge on any atom is 0.252 e. The van der Waals surface area contributed by atoms with Crippen molar-refractivity contribution in [2.24, 2.45) is 46.3 Å². The molecule has 8 aliphatic rings. The highest BCUT2D eigenvalue weighted by Crippen LogP contribution is 2.62. The van der Waals surface area contributed by atoms with E-state index in [2.05, 4.69) is 24.5 Å². The Hall–Kier alpha value is -1.84. The second kappa shape index (κ2) is 8.33. The third-order valence-electron chi connectivity index (χ3n) is 12.1. The van der Waals surface area contributed by atoms with Crippen LogP contribution in [-0.4, -0.2) is 23.9 Å². The molecule has 36 heavy (non-hydrogen) atoms. The fourth-order valence-corrected chi connectivity index (χ4v) is 11.2. The van der Waals surface area contributed by atoms with Gasteiger partial charge >= 0.3 is 0 Å². The summed E-state index contributed by atoms with van der Waals surface area (Å²) in [5.74, 6) is 5.01. The molecule has 8 fully saturated rings. The van der Waals surface area contributed by atoms with Gasteiger partial charge in [0.15, 0.2) is 0 Å². The summed E-state index contributed by atoms with van der Waals surface area (Å²) < 4.78 is 0. The zero-order chi connectivity index (χ0) is 24.7. The van der Waals surface area contributed by atoms with E-state index in [1.165, 1.54) is 77.0 Å². The zero-order valence-electron chi connectivity index (χ0n) is 22.2. The Kier molecular flexibility index (Phi) is 5.39. The summed E-state index contributed by atoms with van der Waals surface area (Å²) in [6, 6.07) is 7.77. The molecular formula is C32H44N2O2. The topological polar surface area (TPSA) is 58.2 Å². The lowest BCUT2D eigenvalue weighted by atomic mass is 9.48. The number of hydrogen-bond donors (Lipinski definition) is 2. The molecule has 0 radical (unpaired) electrons. The summed E-state index contributed by atoms with van der Waals surface area (Å²) >= 11 is 0. The lowest BCUT2D eigenvalue weighted by Crippen LogP contribution is -2.56. The van der Waals surface area contributed by atoms with Crippen LogP contribution in [0.3, 0.4) is 0 Å². The second-order valence-electron chi connectivity index (χ2n) is 14.5. The maximum atomic E-state index is 13.6. The Balaban J connectivity index is 1.06. The van der Waals surface area contributed by atoms with Gasteiger partial charge in [-0.25, -0.2) is 0 Å². The van der Waals surface area contributed by atoms with E-state index in [0.29, 0.717) is 11.1 Å². The Bertz CT molecular complexity index is 906. The van der Waals surface area contributed by atoms with Crippen LogP contribution in [0.2, 0.25) is 0 Å². The Morgan fingerprint density at radius 2 is 0.889 bits per heavy atom. The van der Waals surface area contributed by atoms with Crippen LogP contribution in [0.1, 0.15) is 112 Å². The van der Waals surface area contributed by atoms with Crippen molar-refractivity contribution in [3.05, 3.63) is 35.4 Å². The van der Waals surface area contributed by atoms with Crippen molar-refractivity contribution in [1.82, 2.24) is 10.6 Å². The Morgan fingerprint density at radius 1 is 0.611 bits per heavy atom. The molecule has 8 saturated carbocycles. The molecule has 0 heterocycles. The van der Waals surface area contributed by atoms with Crippen LogP contribution in [0, 0.1) is 46.3 Å². The molecule has 194 valence electrons. The number of nitrogens with one attached hydrogen (secondary N) is 2. The van der Waals surface area contributed by atoms with E-state index < -0.39 is 0 Å². The van der Waals surface area contributed by atoms with Crippen LogP contribution in [-0.2, 0) is 0 Å². The molecule has 4 nitrogen and oxygen atoms in total. The van der Waals surface area contributed by atoms with Gasteiger partial charge < -0.3 is 10.6 Å². The zero-order valence-corrected chi connectivity index (χ0v) is 22.2. The summed E-state index contributed by atoms with van der Waals surface area (Å²) in [6.07, 6.45) is 16.1. The highest BCUT2D eigenvalue weighted by atomic mass is 16.2.